The quantitative estimate of drug-likeness (QED) is 0.797. The third kappa shape index (κ3) is 5.37. The molecule has 0 fully saturated rings. The summed E-state index contributed by atoms with van der Waals surface area (Å²) in [5.41, 5.74) is 2.63. The number of hydrogen-bond donors (Lipinski definition) is 1. The van der Waals surface area contributed by atoms with Crippen molar-refractivity contribution in [3.8, 4) is 12.3 Å². The molecule has 1 rings (SSSR count). The highest BCUT2D eigenvalue weighted by atomic mass is 16.1. The second kappa shape index (κ2) is 8.13. The van der Waals surface area contributed by atoms with Crippen LogP contribution in [0.4, 0.5) is 0 Å². The van der Waals surface area contributed by atoms with Gasteiger partial charge in [-0.2, -0.15) is 0 Å². The van der Waals surface area contributed by atoms with Gasteiger partial charge in [-0.1, -0.05) is 64.8 Å². The summed E-state index contributed by atoms with van der Waals surface area (Å²) >= 11 is 0. The minimum absolute atomic E-state index is 0.216. The zero-order valence-corrected chi connectivity index (χ0v) is 15.2. The molecule has 0 radical (unpaired) electrons. The van der Waals surface area contributed by atoms with Gasteiger partial charge >= 0.3 is 0 Å². The van der Waals surface area contributed by atoms with E-state index in [0.29, 0.717) is 6.42 Å². The summed E-state index contributed by atoms with van der Waals surface area (Å²) in [4.78, 5) is 12.8. The van der Waals surface area contributed by atoms with Gasteiger partial charge in [-0.25, -0.2) is 0 Å². The predicted molar refractivity (Wildman–Crippen MR) is 99.3 cm³/mol. The molecule has 1 aromatic rings. The van der Waals surface area contributed by atoms with Crippen LogP contribution in [0.2, 0.25) is 0 Å². The highest BCUT2D eigenvalue weighted by molar-refractivity contribution is 5.89. The first-order valence-corrected chi connectivity index (χ1v) is 8.22. The van der Waals surface area contributed by atoms with Crippen molar-refractivity contribution in [3.63, 3.8) is 0 Å². The summed E-state index contributed by atoms with van der Waals surface area (Å²) in [5.74, 6) is 2.96. The molecule has 0 heterocycles. The number of ketones is 1. The Kier molecular flexibility index (Phi) is 6.79. The van der Waals surface area contributed by atoms with Crippen LogP contribution in [0.1, 0.15) is 58.2 Å². The van der Waals surface area contributed by atoms with E-state index < -0.39 is 0 Å². The third-order valence-corrected chi connectivity index (χ3v) is 3.70. The van der Waals surface area contributed by atoms with E-state index >= 15 is 0 Å². The molecule has 2 nitrogen and oxygen atoms in total. The van der Waals surface area contributed by atoms with E-state index in [9.17, 15) is 4.79 Å². The standard InChI is InChI=1S/C21H29NO/c1-8-11-18-16(9-2)12-10-13-17(18)14-19(22-15(3)4)20(23)21(5,6)7/h2,8,10-13,15,19,22H,14H2,1,3-7H3/b11-8-. The van der Waals surface area contributed by atoms with Crippen LogP contribution in [0, 0.1) is 17.8 Å². The first kappa shape index (κ1) is 19.2. The number of carbonyl (C=O) groups excluding carboxylic acids is 1. The number of nitrogens with one attached hydrogen (secondary N) is 1. The summed E-state index contributed by atoms with van der Waals surface area (Å²) in [7, 11) is 0. The Bertz CT molecular complexity index is 612. The number of Topliss-reactive ketones (excluding diaryl/α,β-unsaturated/α-hetero) is 1. The molecule has 0 bridgehead atoms. The van der Waals surface area contributed by atoms with Crippen molar-refractivity contribution in [2.45, 2.75) is 60.0 Å². The summed E-state index contributed by atoms with van der Waals surface area (Å²) < 4.78 is 0. The maximum Gasteiger partial charge on any atom is 0.155 e. The molecule has 23 heavy (non-hydrogen) atoms. The monoisotopic (exact) mass is 311 g/mol. The molecule has 0 aliphatic heterocycles. The lowest BCUT2D eigenvalue weighted by atomic mass is 9.83. The molecule has 1 unspecified atom stereocenters. The van der Waals surface area contributed by atoms with Crippen molar-refractivity contribution in [2.75, 3.05) is 0 Å². The van der Waals surface area contributed by atoms with Gasteiger partial charge in [-0.15, -0.1) is 6.42 Å². The van der Waals surface area contributed by atoms with E-state index in [-0.39, 0.29) is 23.3 Å². The van der Waals surface area contributed by atoms with Gasteiger partial charge in [0.05, 0.1) is 6.04 Å². The van der Waals surface area contributed by atoms with Crippen molar-refractivity contribution < 1.29 is 4.79 Å². The first-order valence-electron chi connectivity index (χ1n) is 8.22. The average molecular weight is 311 g/mol. The van der Waals surface area contributed by atoms with Crippen LogP contribution in [0.5, 0.6) is 0 Å². The Morgan fingerprint density at radius 2 is 2.00 bits per heavy atom. The van der Waals surface area contributed by atoms with E-state index in [1.165, 1.54) is 0 Å². The Balaban J connectivity index is 3.24. The Morgan fingerprint density at radius 3 is 2.48 bits per heavy atom. The zero-order valence-electron chi connectivity index (χ0n) is 15.2. The Morgan fingerprint density at radius 1 is 1.35 bits per heavy atom. The smallest absolute Gasteiger partial charge is 0.155 e. The fourth-order valence-corrected chi connectivity index (χ4v) is 2.65. The highest BCUT2D eigenvalue weighted by Gasteiger charge is 2.30. The van der Waals surface area contributed by atoms with E-state index in [4.69, 9.17) is 6.42 Å². The van der Waals surface area contributed by atoms with E-state index in [0.717, 1.165) is 16.7 Å². The maximum atomic E-state index is 12.8. The molecule has 0 aliphatic rings. The lowest BCUT2D eigenvalue weighted by molar-refractivity contribution is -0.128. The zero-order chi connectivity index (χ0) is 17.6. The van der Waals surface area contributed by atoms with Gasteiger partial charge in [0.1, 0.15) is 0 Å². The van der Waals surface area contributed by atoms with Crippen LogP contribution >= 0.6 is 0 Å². The largest absolute Gasteiger partial charge is 0.305 e. The van der Waals surface area contributed by atoms with Gasteiger partial charge < -0.3 is 5.32 Å². The fraction of sp³-hybridized carbons (Fsp3) is 0.476. The Labute approximate surface area is 141 Å². The molecular weight excluding hydrogens is 282 g/mol. The molecule has 0 saturated carbocycles. The molecule has 0 spiro atoms. The minimum Gasteiger partial charge on any atom is -0.305 e. The lowest BCUT2D eigenvalue weighted by Crippen LogP contribution is -2.47. The van der Waals surface area contributed by atoms with Crippen LogP contribution < -0.4 is 5.32 Å². The van der Waals surface area contributed by atoms with E-state index in [1.807, 2.05) is 52.0 Å². The van der Waals surface area contributed by atoms with Gasteiger partial charge in [-0.05, 0) is 30.5 Å². The molecule has 0 aromatic heterocycles. The van der Waals surface area contributed by atoms with Crippen molar-refractivity contribution in [2.24, 2.45) is 5.41 Å². The van der Waals surface area contributed by atoms with E-state index in [2.05, 4.69) is 31.2 Å². The number of hydrogen-bond acceptors (Lipinski definition) is 2. The normalized spacial score (nSPS) is 13.3. The summed E-state index contributed by atoms with van der Waals surface area (Å²) in [6, 6.07) is 5.99. The number of allylic oxidation sites excluding steroid dienone is 1. The lowest BCUT2D eigenvalue weighted by Gasteiger charge is -2.28. The first-order chi connectivity index (χ1) is 10.7. The summed E-state index contributed by atoms with van der Waals surface area (Å²) in [5, 5.41) is 3.42. The van der Waals surface area contributed by atoms with Crippen LogP contribution in [-0.4, -0.2) is 17.9 Å². The number of benzene rings is 1. The van der Waals surface area contributed by atoms with Crippen molar-refractivity contribution in [1.82, 2.24) is 5.32 Å². The Hall–Kier alpha value is -1.85. The third-order valence-electron chi connectivity index (χ3n) is 3.70. The number of carbonyl (C=O) groups is 1. The van der Waals surface area contributed by atoms with Crippen molar-refractivity contribution in [3.05, 3.63) is 41.0 Å². The number of rotatable bonds is 6. The highest BCUT2D eigenvalue weighted by Crippen LogP contribution is 2.23. The molecule has 1 aromatic carbocycles. The van der Waals surface area contributed by atoms with Crippen LogP contribution in [-0.2, 0) is 11.2 Å². The van der Waals surface area contributed by atoms with Crippen molar-refractivity contribution in [1.29, 1.82) is 0 Å². The van der Waals surface area contributed by atoms with Crippen LogP contribution in [0.25, 0.3) is 6.08 Å². The molecule has 2 heteroatoms. The molecule has 0 amide bonds. The fourth-order valence-electron chi connectivity index (χ4n) is 2.65. The summed E-state index contributed by atoms with van der Waals surface area (Å²) in [6.07, 6.45) is 10.3. The second-order valence-electron chi connectivity index (χ2n) is 7.22. The topological polar surface area (TPSA) is 29.1 Å². The predicted octanol–water partition coefficient (Wildman–Crippen LogP) is 4.23. The van der Waals surface area contributed by atoms with Gasteiger partial charge in [0.25, 0.3) is 0 Å². The number of terminal acetylenes is 1. The molecule has 0 aliphatic carbocycles. The summed E-state index contributed by atoms with van der Waals surface area (Å²) in [6.45, 7) is 12.0. The molecule has 1 atom stereocenters. The van der Waals surface area contributed by atoms with Crippen LogP contribution in [0.15, 0.2) is 24.3 Å². The minimum atomic E-state index is -0.378. The maximum absolute atomic E-state index is 12.8. The molecule has 1 N–H and O–H groups in total. The average Bonchev–Trinajstić information content (AvgIpc) is 2.46. The van der Waals surface area contributed by atoms with E-state index in [1.54, 1.807) is 0 Å². The van der Waals surface area contributed by atoms with Gasteiger partial charge in [0, 0.05) is 17.0 Å². The van der Waals surface area contributed by atoms with Gasteiger partial charge in [-0.3, -0.25) is 4.79 Å². The van der Waals surface area contributed by atoms with Crippen LogP contribution in [0.3, 0.4) is 0 Å². The SMILES string of the molecule is C#Cc1cccc(CC(NC(C)C)C(=O)C(C)(C)C)c1/C=C\C. The van der Waals surface area contributed by atoms with Crippen molar-refractivity contribution >= 4 is 11.9 Å². The molecule has 124 valence electrons. The molecular formula is C21H29NO. The molecule has 0 saturated heterocycles. The van der Waals surface area contributed by atoms with Gasteiger partial charge in [0.2, 0.25) is 0 Å². The second-order valence-corrected chi connectivity index (χ2v) is 7.22. The van der Waals surface area contributed by atoms with Gasteiger partial charge in [0.15, 0.2) is 5.78 Å².